The van der Waals surface area contributed by atoms with Crippen LogP contribution in [0.3, 0.4) is 0 Å². The van der Waals surface area contributed by atoms with E-state index >= 15 is 0 Å². The summed E-state index contributed by atoms with van der Waals surface area (Å²) >= 11 is 0. The molecule has 1 aliphatic heterocycles. The van der Waals surface area contributed by atoms with Gasteiger partial charge in [0, 0.05) is 12.0 Å². The Morgan fingerprint density at radius 1 is 1.31 bits per heavy atom. The summed E-state index contributed by atoms with van der Waals surface area (Å²) in [6, 6.07) is 11.2. The van der Waals surface area contributed by atoms with Crippen LogP contribution in [0.5, 0.6) is 11.5 Å². The average molecular weight is 373 g/mol. The van der Waals surface area contributed by atoms with E-state index in [9.17, 15) is 8.42 Å². The van der Waals surface area contributed by atoms with E-state index in [-0.39, 0.29) is 6.10 Å². The first-order valence-corrected chi connectivity index (χ1v) is 9.87. The zero-order chi connectivity index (χ0) is 19.1. The average Bonchev–Trinajstić information content (AvgIpc) is 2.60. The third-order valence-electron chi connectivity index (χ3n) is 4.93. The van der Waals surface area contributed by atoms with Crippen molar-refractivity contribution in [3.8, 4) is 22.6 Å². The zero-order valence-electron chi connectivity index (χ0n) is 15.2. The predicted octanol–water partition coefficient (Wildman–Crippen LogP) is 3.90. The van der Waals surface area contributed by atoms with Crippen LogP contribution in [0.25, 0.3) is 11.1 Å². The van der Waals surface area contributed by atoms with Crippen LogP contribution in [0.2, 0.25) is 0 Å². The van der Waals surface area contributed by atoms with Gasteiger partial charge in [-0.15, -0.1) is 6.58 Å². The summed E-state index contributed by atoms with van der Waals surface area (Å²) in [6.45, 7) is 7.01. The highest BCUT2D eigenvalue weighted by Gasteiger charge is 2.35. The van der Waals surface area contributed by atoms with Crippen LogP contribution in [0, 0.1) is 0 Å². The molecule has 0 amide bonds. The molecule has 0 aromatic heterocycles. The monoisotopic (exact) mass is 373 g/mol. The lowest BCUT2D eigenvalue weighted by Crippen LogP contribution is -2.35. The van der Waals surface area contributed by atoms with Gasteiger partial charge in [0.05, 0.1) is 12.7 Å². The molecule has 3 rings (SSSR count). The fraction of sp³-hybridized carbons (Fsp3) is 0.300. The highest BCUT2D eigenvalue weighted by atomic mass is 32.2. The van der Waals surface area contributed by atoms with Gasteiger partial charge in [0.15, 0.2) is 0 Å². The maximum Gasteiger partial charge on any atom is 0.218 e. The Balaban J connectivity index is 2.25. The van der Waals surface area contributed by atoms with E-state index in [1.54, 1.807) is 33.1 Å². The van der Waals surface area contributed by atoms with Crippen LogP contribution < -0.4 is 14.6 Å². The van der Waals surface area contributed by atoms with Gasteiger partial charge in [-0.3, -0.25) is 0 Å². The predicted molar refractivity (Wildman–Crippen MR) is 103 cm³/mol. The summed E-state index contributed by atoms with van der Waals surface area (Å²) in [5.41, 5.74) is 3.35. The third-order valence-corrected chi connectivity index (χ3v) is 6.59. The number of hydrogen-bond donors (Lipinski definition) is 1. The van der Waals surface area contributed by atoms with E-state index in [0.29, 0.717) is 17.7 Å². The Labute approximate surface area is 154 Å². The molecule has 2 aromatic carbocycles. The van der Waals surface area contributed by atoms with Crippen LogP contribution in [0.4, 0.5) is 0 Å². The number of hydrogen-bond acceptors (Lipinski definition) is 4. The van der Waals surface area contributed by atoms with Crippen molar-refractivity contribution in [3.63, 3.8) is 0 Å². The molecule has 2 aromatic rings. The number of nitrogens with two attached hydrogens (primary N) is 1. The van der Waals surface area contributed by atoms with Crippen molar-refractivity contribution in [2.24, 2.45) is 5.14 Å². The largest absolute Gasteiger partial charge is 0.496 e. The van der Waals surface area contributed by atoms with Crippen LogP contribution in [-0.4, -0.2) is 15.5 Å². The van der Waals surface area contributed by atoms with Gasteiger partial charge in [0.25, 0.3) is 0 Å². The second-order valence-electron chi connectivity index (χ2n) is 6.82. The summed E-state index contributed by atoms with van der Waals surface area (Å²) < 4.78 is 34.5. The Morgan fingerprint density at radius 3 is 2.65 bits per heavy atom. The molecule has 0 aliphatic carbocycles. The van der Waals surface area contributed by atoms with Gasteiger partial charge in [-0.1, -0.05) is 24.3 Å². The van der Waals surface area contributed by atoms with E-state index in [4.69, 9.17) is 14.6 Å². The number of ether oxygens (including phenoxy) is 2. The smallest absolute Gasteiger partial charge is 0.218 e. The van der Waals surface area contributed by atoms with Gasteiger partial charge in [0.1, 0.15) is 22.4 Å². The minimum Gasteiger partial charge on any atom is -0.496 e. The summed E-state index contributed by atoms with van der Waals surface area (Å²) in [5, 5.41) is 5.44. The summed E-state index contributed by atoms with van der Waals surface area (Å²) in [7, 11) is -2.16. The Morgan fingerprint density at radius 2 is 2.04 bits per heavy atom. The lowest BCUT2D eigenvalue weighted by molar-refractivity contribution is 0.204. The molecule has 1 atom stereocenters. The summed E-state index contributed by atoms with van der Waals surface area (Å²) in [4.78, 5) is 0. The van der Waals surface area contributed by atoms with Crippen molar-refractivity contribution in [1.29, 1.82) is 0 Å². The van der Waals surface area contributed by atoms with Gasteiger partial charge >= 0.3 is 0 Å². The third kappa shape index (κ3) is 2.89. The van der Waals surface area contributed by atoms with E-state index in [1.165, 1.54) is 0 Å². The molecular weight excluding hydrogens is 350 g/mol. The minimum atomic E-state index is -3.77. The fourth-order valence-electron chi connectivity index (χ4n) is 3.18. The van der Waals surface area contributed by atoms with Gasteiger partial charge in [-0.05, 0) is 43.2 Å². The number of rotatable bonds is 5. The molecule has 5 nitrogen and oxygen atoms in total. The Kier molecular flexibility index (Phi) is 4.58. The molecule has 138 valence electrons. The molecule has 0 saturated carbocycles. The molecule has 26 heavy (non-hydrogen) atoms. The van der Waals surface area contributed by atoms with Crippen LogP contribution in [0.15, 0.2) is 49.1 Å². The first-order valence-electron chi connectivity index (χ1n) is 8.32. The molecule has 6 heteroatoms. The molecule has 0 bridgehead atoms. The second-order valence-corrected chi connectivity index (χ2v) is 8.93. The second kappa shape index (κ2) is 6.45. The van der Waals surface area contributed by atoms with Crippen LogP contribution in [-0.2, 0) is 14.8 Å². The van der Waals surface area contributed by atoms with E-state index in [1.807, 2.05) is 30.3 Å². The minimum absolute atomic E-state index is 0.252. The first kappa shape index (κ1) is 18.5. The van der Waals surface area contributed by atoms with Crippen molar-refractivity contribution < 1.29 is 17.9 Å². The molecule has 1 aliphatic rings. The highest BCUT2D eigenvalue weighted by Crippen LogP contribution is 2.49. The van der Waals surface area contributed by atoms with Crippen molar-refractivity contribution in [2.45, 2.75) is 31.1 Å². The number of fused-ring (bicyclic) bond motifs is 3. The van der Waals surface area contributed by atoms with Crippen molar-refractivity contribution >= 4 is 10.0 Å². The molecule has 0 radical (unpaired) electrons. The summed E-state index contributed by atoms with van der Waals surface area (Å²) in [6.07, 6.45) is 2.14. The SMILES string of the molecule is C=CCC1Oc2cccc(OC)c2-c2ccc(C(C)(C)S(N)(=O)=O)cc21. The van der Waals surface area contributed by atoms with Crippen LogP contribution in [0.1, 0.15) is 37.5 Å². The van der Waals surface area contributed by atoms with E-state index in [0.717, 1.165) is 22.4 Å². The Bertz CT molecular complexity index is 964. The van der Waals surface area contributed by atoms with Crippen molar-refractivity contribution in [1.82, 2.24) is 0 Å². The fourth-order valence-corrected chi connectivity index (χ4v) is 3.64. The van der Waals surface area contributed by atoms with Crippen molar-refractivity contribution in [2.75, 3.05) is 7.11 Å². The maximum atomic E-state index is 12.0. The zero-order valence-corrected chi connectivity index (χ0v) is 16.0. The topological polar surface area (TPSA) is 78.6 Å². The molecule has 1 heterocycles. The number of primary sulfonamides is 1. The lowest BCUT2D eigenvalue weighted by Gasteiger charge is -2.31. The number of sulfonamides is 1. The molecule has 0 saturated heterocycles. The molecule has 1 unspecified atom stereocenters. The number of methoxy groups -OCH3 is 1. The molecule has 0 spiro atoms. The molecule has 2 N–H and O–H groups in total. The maximum absolute atomic E-state index is 12.0. The summed E-state index contributed by atoms with van der Waals surface area (Å²) in [5.74, 6) is 1.45. The normalized spacial score (nSPS) is 16.2. The lowest BCUT2D eigenvalue weighted by atomic mass is 9.87. The van der Waals surface area contributed by atoms with Gasteiger partial charge in [-0.2, -0.15) is 0 Å². The van der Waals surface area contributed by atoms with E-state index < -0.39 is 14.8 Å². The van der Waals surface area contributed by atoms with Gasteiger partial charge < -0.3 is 9.47 Å². The van der Waals surface area contributed by atoms with Crippen molar-refractivity contribution in [3.05, 3.63) is 60.2 Å². The standard InChI is InChI=1S/C20H23NO4S/c1-5-7-16-15-12-13(20(2,3)26(21,22)23)10-11-14(15)19-17(24-4)8-6-9-18(19)25-16/h5-6,8-12,16H,1,7H2,2-4H3,(H2,21,22,23). The number of benzene rings is 2. The quantitative estimate of drug-likeness (QED) is 0.806. The van der Waals surface area contributed by atoms with Gasteiger partial charge in [0.2, 0.25) is 10.0 Å². The van der Waals surface area contributed by atoms with Gasteiger partial charge in [-0.25, -0.2) is 13.6 Å². The Hall–Kier alpha value is -2.31. The molecule has 0 fully saturated rings. The molecular formula is C20H23NO4S. The highest BCUT2D eigenvalue weighted by molar-refractivity contribution is 7.90. The first-order chi connectivity index (χ1) is 12.2. The van der Waals surface area contributed by atoms with E-state index in [2.05, 4.69) is 6.58 Å². The van der Waals surface area contributed by atoms with Crippen LogP contribution >= 0.6 is 0 Å².